The number of halogens is 1. The molecule has 18 heavy (non-hydrogen) atoms. The monoisotopic (exact) mass is 251 g/mol. The first-order valence-corrected chi connectivity index (χ1v) is 6.37. The van der Waals surface area contributed by atoms with E-state index in [9.17, 15) is 9.18 Å². The molecule has 0 spiro atoms. The molecule has 1 aromatic heterocycles. The highest BCUT2D eigenvalue weighted by molar-refractivity contribution is 5.99. The first-order chi connectivity index (χ1) is 8.67. The Morgan fingerprint density at radius 1 is 1.56 bits per heavy atom. The highest BCUT2D eigenvalue weighted by Crippen LogP contribution is 2.29. The number of nitrogens with one attached hydrogen (secondary N) is 1. The van der Waals surface area contributed by atoms with E-state index in [1.807, 2.05) is 13.8 Å². The van der Waals surface area contributed by atoms with Gasteiger partial charge in [0.25, 0.3) is 5.91 Å². The second-order valence-electron chi connectivity index (χ2n) is 4.40. The number of hydrogen-bond acceptors (Lipinski definition) is 3. The number of aromatic nitrogens is 1. The molecular formula is C13H18FN3O. The van der Waals surface area contributed by atoms with Crippen molar-refractivity contribution in [3.8, 4) is 0 Å². The van der Waals surface area contributed by atoms with Gasteiger partial charge in [-0.15, -0.1) is 0 Å². The number of anilines is 1. The Labute approximate surface area is 106 Å². The Morgan fingerprint density at radius 2 is 2.28 bits per heavy atom. The fourth-order valence-corrected chi connectivity index (χ4v) is 2.02. The number of hydrogen-bond donors (Lipinski definition) is 1. The number of pyridine rings is 1. The fourth-order valence-electron chi connectivity index (χ4n) is 2.02. The van der Waals surface area contributed by atoms with Crippen molar-refractivity contribution >= 4 is 11.7 Å². The van der Waals surface area contributed by atoms with Gasteiger partial charge in [0.05, 0.1) is 11.8 Å². The van der Waals surface area contributed by atoms with Crippen molar-refractivity contribution in [2.75, 3.05) is 18.4 Å². The molecule has 0 aliphatic heterocycles. The number of amides is 1. The SMILES string of the molecule is CCNc1ncc(F)cc1C(=O)N(CC)C1CC1. The maximum absolute atomic E-state index is 13.3. The summed E-state index contributed by atoms with van der Waals surface area (Å²) in [5, 5.41) is 3.00. The quantitative estimate of drug-likeness (QED) is 0.873. The topological polar surface area (TPSA) is 45.2 Å². The first-order valence-electron chi connectivity index (χ1n) is 6.37. The van der Waals surface area contributed by atoms with E-state index in [0.717, 1.165) is 19.0 Å². The number of rotatable bonds is 5. The van der Waals surface area contributed by atoms with E-state index in [0.29, 0.717) is 30.5 Å². The van der Waals surface area contributed by atoms with Crippen molar-refractivity contribution in [3.63, 3.8) is 0 Å². The molecule has 4 nitrogen and oxygen atoms in total. The van der Waals surface area contributed by atoms with Gasteiger partial charge >= 0.3 is 0 Å². The minimum absolute atomic E-state index is 0.136. The zero-order chi connectivity index (χ0) is 13.1. The van der Waals surface area contributed by atoms with E-state index in [-0.39, 0.29) is 5.91 Å². The molecule has 98 valence electrons. The minimum atomic E-state index is -0.480. The lowest BCUT2D eigenvalue weighted by Crippen LogP contribution is -2.33. The van der Waals surface area contributed by atoms with Crippen LogP contribution < -0.4 is 5.32 Å². The Bertz CT molecular complexity index is 446. The van der Waals surface area contributed by atoms with Gasteiger partial charge in [-0.1, -0.05) is 0 Å². The summed E-state index contributed by atoms with van der Waals surface area (Å²) in [7, 11) is 0. The maximum Gasteiger partial charge on any atom is 0.257 e. The van der Waals surface area contributed by atoms with Crippen LogP contribution in [-0.4, -0.2) is 34.9 Å². The third-order valence-corrected chi connectivity index (χ3v) is 3.02. The van der Waals surface area contributed by atoms with Crippen molar-refractivity contribution in [2.45, 2.75) is 32.7 Å². The summed E-state index contributed by atoms with van der Waals surface area (Å²) in [6, 6.07) is 1.58. The molecule has 2 rings (SSSR count). The lowest BCUT2D eigenvalue weighted by molar-refractivity contribution is 0.0752. The van der Waals surface area contributed by atoms with Crippen LogP contribution in [-0.2, 0) is 0 Å². The second kappa shape index (κ2) is 5.33. The Morgan fingerprint density at radius 3 is 2.83 bits per heavy atom. The average Bonchev–Trinajstić information content (AvgIpc) is 3.17. The second-order valence-corrected chi connectivity index (χ2v) is 4.40. The largest absolute Gasteiger partial charge is 0.370 e. The molecule has 5 heteroatoms. The van der Waals surface area contributed by atoms with Gasteiger partial charge in [0.15, 0.2) is 0 Å². The van der Waals surface area contributed by atoms with Crippen LogP contribution in [0.25, 0.3) is 0 Å². The maximum atomic E-state index is 13.3. The zero-order valence-corrected chi connectivity index (χ0v) is 10.7. The standard InChI is InChI=1S/C13H18FN3O/c1-3-15-12-11(7-9(14)8-16-12)13(18)17(4-2)10-5-6-10/h7-8,10H,3-6H2,1-2H3,(H,15,16). The van der Waals surface area contributed by atoms with Crippen molar-refractivity contribution in [1.82, 2.24) is 9.88 Å². The number of carbonyl (C=O) groups is 1. The molecule has 1 heterocycles. The zero-order valence-electron chi connectivity index (χ0n) is 10.7. The number of carbonyl (C=O) groups excluding carboxylic acids is 1. The van der Waals surface area contributed by atoms with Crippen molar-refractivity contribution in [1.29, 1.82) is 0 Å². The van der Waals surface area contributed by atoms with Crippen LogP contribution in [0.1, 0.15) is 37.0 Å². The summed E-state index contributed by atoms with van der Waals surface area (Å²) < 4.78 is 13.3. The summed E-state index contributed by atoms with van der Waals surface area (Å²) in [5.41, 5.74) is 0.325. The highest BCUT2D eigenvalue weighted by atomic mass is 19.1. The van der Waals surface area contributed by atoms with Crippen molar-refractivity contribution < 1.29 is 9.18 Å². The fraction of sp³-hybridized carbons (Fsp3) is 0.538. The van der Waals surface area contributed by atoms with Crippen LogP contribution in [0.2, 0.25) is 0 Å². The summed E-state index contributed by atoms with van der Waals surface area (Å²) >= 11 is 0. The predicted molar refractivity (Wildman–Crippen MR) is 68.1 cm³/mol. The van der Waals surface area contributed by atoms with Crippen LogP contribution in [0, 0.1) is 5.82 Å². The molecule has 1 fully saturated rings. The van der Waals surface area contributed by atoms with Gasteiger partial charge in [-0.25, -0.2) is 9.37 Å². The molecule has 1 N–H and O–H groups in total. The van der Waals surface area contributed by atoms with Crippen molar-refractivity contribution in [3.05, 3.63) is 23.6 Å². The molecule has 0 unspecified atom stereocenters. The molecule has 0 saturated heterocycles. The lowest BCUT2D eigenvalue weighted by Gasteiger charge is -2.21. The van der Waals surface area contributed by atoms with Crippen LogP contribution in [0.5, 0.6) is 0 Å². The predicted octanol–water partition coefficient (Wildman–Crippen LogP) is 2.28. The first kappa shape index (κ1) is 12.8. The minimum Gasteiger partial charge on any atom is -0.370 e. The summed E-state index contributed by atoms with van der Waals surface area (Å²) in [4.78, 5) is 18.1. The van der Waals surface area contributed by atoms with Gasteiger partial charge in [-0.05, 0) is 32.8 Å². The van der Waals surface area contributed by atoms with E-state index in [2.05, 4.69) is 10.3 Å². The van der Waals surface area contributed by atoms with Crippen LogP contribution in [0.4, 0.5) is 10.2 Å². The van der Waals surface area contributed by atoms with E-state index >= 15 is 0 Å². The van der Waals surface area contributed by atoms with Gasteiger partial charge in [-0.3, -0.25) is 4.79 Å². The molecule has 1 saturated carbocycles. The van der Waals surface area contributed by atoms with Gasteiger partial charge in [0.2, 0.25) is 0 Å². The van der Waals surface area contributed by atoms with E-state index in [4.69, 9.17) is 0 Å². The molecule has 0 bridgehead atoms. The smallest absolute Gasteiger partial charge is 0.257 e. The molecule has 0 aromatic carbocycles. The highest BCUT2D eigenvalue weighted by Gasteiger charge is 2.33. The van der Waals surface area contributed by atoms with Crippen LogP contribution in [0.15, 0.2) is 12.3 Å². The summed E-state index contributed by atoms with van der Waals surface area (Å²) in [6.45, 7) is 5.15. The Kier molecular flexibility index (Phi) is 3.79. The molecule has 1 aromatic rings. The van der Waals surface area contributed by atoms with E-state index < -0.39 is 5.82 Å². The van der Waals surface area contributed by atoms with Gasteiger partial charge in [-0.2, -0.15) is 0 Å². The molecule has 1 amide bonds. The number of nitrogens with zero attached hydrogens (tertiary/aromatic N) is 2. The van der Waals surface area contributed by atoms with Gasteiger partial charge in [0.1, 0.15) is 11.6 Å². The Balaban J connectivity index is 2.29. The molecule has 1 aliphatic carbocycles. The summed E-state index contributed by atoms with van der Waals surface area (Å²) in [6.07, 6.45) is 3.21. The average molecular weight is 251 g/mol. The van der Waals surface area contributed by atoms with Gasteiger partial charge in [0, 0.05) is 19.1 Å². The molecular weight excluding hydrogens is 233 g/mol. The molecule has 0 atom stereocenters. The van der Waals surface area contributed by atoms with E-state index in [1.165, 1.54) is 6.07 Å². The van der Waals surface area contributed by atoms with Crippen LogP contribution in [0.3, 0.4) is 0 Å². The van der Waals surface area contributed by atoms with Gasteiger partial charge < -0.3 is 10.2 Å². The normalized spacial score (nSPS) is 14.4. The third-order valence-electron chi connectivity index (χ3n) is 3.02. The lowest BCUT2D eigenvalue weighted by atomic mass is 10.2. The summed E-state index contributed by atoms with van der Waals surface area (Å²) in [5.74, 6) is -0.155. The Hall–Kier alpha value is -1.65. The van der Waals surface area contributed by atoms with Crippen molar-refractivity contribution in [2.24, 2.45) is 0 Å². The molecule has 0 radical (unpaired) electrons. The third kappa shape index (κ3) is 2.60. The van der Waals surface area contributed by atoms with Crippen LogP contribution >= 0.6 is 0 Å². The molecule has 1 aliphatic rings. The van der Waals surface area contributed by atoms with E-state index in [1.54, 1.807) is 4.90 Å².